The van der Waals surface area contributed by atoms with Crippen molar-refractivity contribution in [3.05, 3.63) is 35.4 Å². The predicted octanol–water partition coefficient (Wildman–Crippen LogP) is 2.92. The molecule has 1 aromatic carbocycles. The molecule has 1 aliphatic rings. The van der Waals surface area contributed by atoms with E-state index in [0.717, 1.165) is 24.9 Å². The van der Waals surface area contributed by atoms with Crippen molar-refractivity contribution in [1.29, 1.82) is 0 Å². The van der Waals surface area contributed by atoms with Crippen molar-refractivity contribution < 1.29 is 0 Å². The van der Waals surface area contributed by atoms with Crippen molar-refractivity contribution in [2.45, 2.75) is 32.7 Å². The summed E-state index contributed by atoms with van der Waals surface area (Å²) >= 11 is 0. The fourth-order valence-electron chi connectivity index (χ4n) is 2.36. The van der Waals surface area contributed by atoms with Crippen LogP contribution in [0, 0.1) is 5.92 Å². The van der Waals surface area contributed by atoms with Gasteiger partial charge in [0.25, 0.3) is 0 Å². The zero-order chi connectivity index (χ0) is 9.97. The number of hydrogen-bond donors (Lipinski definition) is 1. The summed E-state index contributed by atoms with van der Waals surface area (Å²) in [6, 6.07) is 8.84. The number of fused-ring (bicyclic) bond motifs is 1. The van der Waals surface area contributed by atoms with Crippen LogP contribution in [-0.2, 0) is 6.54 Å². The third-order valence-corrected chi connectivity index (χ3v) is 2.96. The van der Waals surface area contributed by atoms with Crippen LogP contribution in [-0.4, -0.2) is 6.54 Å². The van der Waals surface area contributed by atoms with Crippen LogP contribution in [0.1, 0.15) is 37.3 Å². The molecular weight excluding hydrogens is 170 g/mol. The first-order valence-corrected chi connectivity index (χ1v) is 5.56. The molecule has 76 valence electrons. The van der Waals surface area contributed by atoms with Crippen LogP contribution in [0.4, 0.5) is 0 Å². The smallest absolute Gasteiger partial charge is 0.0208 e. The maximum Gasteiger partial charge on any atom is 0.0208 e. The topological polar surface area (TPSA) is 12.0 Å². The standard InChI is InChI=1S/C13H19N/c1-10(2)7-12-9-14-8-11-5-3-4-6-13(11)12/h3-6,10,12,14H,7-9H2,1-2H3. The van der Waals surface area contributed by atoms with E-state index in [0.29, 0.717) is 0 Å². The second kappa shape index (κ2) is 4.14. The summed E-state index contributed by atoms with van der Waals surface area (Å²) < 4.78 is 0. The molecule has 0 aromatic heterocycles. The van der Waals surface area contributed by atoms with Gasteiger partial charge in [-0.3, -0.25) is 0 Å². The molecule has 0 radical (unpaired) electrons. The van der Waals surface area contributed by atoms with Gasteiger partial charge in [0.1, 0.15) is 0 Å². The molecule has 2 rings (SSSR count). The van der Waals surface area contributed by atoms with Crippen molar-refractivity contribution in [3.63, 3.8) is 0 Å². The third-order valence-electron chi connectivity index (χ3n) is 2.96. The fraction of sp³-hybridized carbons (Fsp3) is 0.538. The molecule has 1 N–H and O–H groups in total. The number of benzene rings is 1. The van der Waals surface area contributed by atoms with Gasteiger partial charge in [-0.25, -0.2) is 0 Å². The van der Waals surface area contributed by atoms with Crippen molar-refractivity contribution in [3.8, 4) is 0 Å². The second-order valence-electron chi connectivity index (χ2n) is 4.66. The Balaban J connectivity index is 2.22. The summed E-state index contributed by atoms with van der Waals surface area (Å²) in [5.41, 5.74) is 3.06. The Morgan fingerprint density at radius 3 is 2.93 bits per heavy atom. The molecule has 1 heterocycles. The predicted molar refractivity (Wildman–Crippen MR) is 60.3 cm³/mol. The van der Waals surface area contributed by atoms with Gasteiger partial charge in [0, 0.05) is 13.1 Å². The van der Waals surface area contributed by atoms with Gasteiger partial charge in [0.15, 0.2) is 0 Å². The van der Waals surface area contributed by atoms with E-state index in [1.807, 2.05) is 0 Å². The van der Waals surface area contributed by atoms with Crippen LogP contribution in [0.15, 0.2) is 24.3 Å². The number of hydrogen-bond acceptors (Lipinski definition) is 1. The minimum Gasteiger partial charge on any atom is -0.312 e. The lowest BCUT2D eigenvalue weighted by Gasteiger charge is -2.27. The molecule has 0 fully saturated rings. The minimum absolute atomic E-state index is 0.722. The SMILES string of the molecule is CC(C)CC1CNCc2ccccc21. The Morgan fingerprint density at radius 2 is 2.14 bits per heavy atom. The highest BCUT2D eigenvalue weighted by molar-refractivity contribution is 5.32. The lowest BCUT2D eigenvalue weighted by atomic mass is 9.85. The van der Waals surface area contributed by atoms with E-state index >= 15 is 0 Å². The van der Waals surface area contributed by atoms with Crippen LogP contribution >= 0.6 is 0 Å². The summed E-state index contributed by atoms with van der Waals surface area (Å²) in [6.45, 7) is 6.80. The van der Waals surface area contributed by atoms with Crippen molar-refractivity contribution >= 4 is 0 Å². The van der Waals surface area contributed by atoms with Gasteiger partial charge >= 0.3 is 0 Å². The van der Waals surface area contributed by atoms with E-state index in [1.54, 1.807) is 5.56 Å². The maximum absolute atomic E-state index is 3.50. The number of nitrogens with one attached hydrogen (secondary N) is 1. The molecule has 0 saturated heterocycles. The van der Waals surface area contributed by atoms with Gasteiger partial charge in [-0.15, -0.1) is 0 Å². The minimum atomic E-state index is 0.722. The summed E-state index contributed by atoms with van der Waals surface area (Å²) in [5, 5.41) is 3.50. The molecule has 1 atom stereocenters. The molecule has 1 aromatic rings. The van der Waals surface area contributed by atoms with Gasteiger partial charge in [-0.2, -0.15) is 0 Å². The molecule has 14 heavy (non-hydrogen) atoms. The monoisotopic (exact) mass is 189 g/mol. The molecule has 1 nitrogen and oxygen atoms in total. The Morgan fingerprint density at radius 1 is 1.36 bits per heavy atom. The van der Waals surface area contributed by atoms with Crippen LogP contribution in [0.2, 0.25) is 0 Å². The Hall–Kier alpha value is -0.820. The lowest BCUT2D eigenvalue weighted by Crippen LogP contribution is -2.28. The van der Waals surface area contributed by atoms with E-state index in [9.17, 15) is 0 Å². The first kappa shape index (κ1) is 9.72. The molecule has 0 amide bonds. The normalized spacial score (nSPS) is 20.9. The average molecular weight is 189 g/mol. The lowest BCUT2D eigenvalue weighted by molar-refractivity contribution is 0.448. The third kappa shape index (κ3) is 1.98. The summed E-state index contributed by atoms with van der Waals surface area (Å²) in [5.74, 6) is 1.51. The van der Waals surface area contributed by atoms with Gasteiger partial charge < -0.3 is 5.32 Å². The van der Waals surface area contributed by atoms with Crippen molar-refractivity contribution in [1.82, 2.24) is 5.32 Å². The first-order chi connectivity index (χ1) is 6.77. The van der Waals surface area contributed by atoms with Crippen LogP contribution in [0.25, 0.3) is 0 Å². The quantitative estimate of drug-likeness (QED) is 0.754. The van der Waals surface area contributed by atoms with Crippen LogP contribution in [0.5, 0.6) is 0 Å². The van der Waals surface area contributed by atoms with Crippen molar-refractivity contribution in [2.24, 2.45) is 5.92 Å². The maximum atomic E-state index is 3.50. The Labute approximate surface area is 86.5 Å². The average Bonchev–Trinajstić information content (AvgIpc) is 2.18. The van der Waals surface area contributed by atoms with E-state index in [1.165, 1.54) is 12.0 Å². The molecular formula is C13H19N. The molecule has 1 unspecified atom stereocenters. The van der Waals surface area contributed by atoms with Gasteiger partial charge in [-0.1, -0.05) is 38.1 Å². The second-order valence-corrected chi connectivity index (χ2v) is 4.66. The molecule has 0 saturated carbocycles. The van der Waals surface area contributed by atoms with Crippen molar-refractivity contribution in [2.75, 3.05) is 6.54 Å². The van der Waals surface area contributed by atoms with Gasteiger partial charge in [-0.05, 0) is 29.4 Å². The number of rotatable bonds is 2. The molecule has 0 spiro atoms. The van der Waals surface area contributed by atoms with Gasteiger partial charge in [0.05, 0.1) is 0 Å². The molecule has 0 bridgehead atoms. The molecule has 1 aliphatic heterocycles. The largest absolute Gasteiger partial charge is 0.312 e. The van der Waals surface area contributed by atoms with Gasteiger partial charge in [0.2, 0.25) is 0 Å². The summed E-state index contributed by atoms with van der Waals surface area (Å²) in [6.07, 6.45) is 1.30. The molecule has 0 aliphatic carbocycles. The zero-order valence-electron chi connectivity index (χ0n) is 9.09. The fourth-order valence-corrected chi connectivity index (χ4v) is 2.36. The summed E-state index contributed by atoms with van der Waals surface area (Å²) in [4.78, 5) is 0. The highest BCUT2D eigenvalue weighted by Crippen LogP contribution is 2.28. The Kier molecular flexibility index (Phi) is 2.87. The van der Waals surface area contributed by atoms with E-state index in [2.05, 4.69) is 43.4 Å². The van der Waals surface area contributed by atoms with E-state index in [-0.39, 0.29) is 0 Å². The van der Waals surface area contributed by atoms with E-state index in [4.69, 9.17) is 0 Å². The highest BCUT2D eigenvalue weighted by atomic mass is 14.9. The first-order valence-electron chi connectivity index (χ1n) is 5.56. The zero-order valence-corrected chi connectivity index (χ0v) is 9.09. The molecule has 1 heteroatoms. The van der Waals surface area contributed by atoms with E-state index < -0.39 is 0 Å². The van der Waals surface area contributed by atoms with Crippen LogP contribution < -0.4 is 5.32 Å². The summed E-state index contributed by atoms with van der Waals surface area (Å²) in [7, 11) is 0. The van der Waals surface area contributed by atoms with Crippen LogP contribution in [0.3, 0.4) is 0 Å². The highest BCUT2D eigenvalue weighted by Gasteiger charge is 2.19. The Bertz CT molecular complexity index is 304.